The number of carbonyl (C=O) groups excluding carboxylic acids is 1. The Bertz CT molecular complexity index is 966. The van der Waals surface area contributed by atoms with E-state index in [1.165, 1.54) is 0 Å². The molecule has 1 heterocycles. The summed E-state index contributed by atoms with van der Waals surface area (Å²) >= 11 is 0. The first-order valence-electron chi connectivity index (χ1n) is 10.1. The quantitative estimate of drug-likeness (QED) is 0.351. The maximum atomic E-state index is 12.9. The summed E-state index contributed by atoms with van der Waals surface area (Å²) in [5.41, 5.74) is 3.00. The molecule has 6 heteroatoms. The van der Waals surface area contributed by atoms with E-state index in [1.807, 2.05) is 49.4 Å². The van der Waals surface area contributed by atoms with Gasteiger partial charge < -0.3 is 19.2 Å². The Hall–Kier alpha value is -2.50. The molecule has 2 aromatic carbocycles. The molecule has 0 saturated carbocycles. The summed E-state index contributed by atoms with van der Waals surface area (Å²) in [7, 11) is 1.64. The van der Waals surface area contributed by atoms with Crippen LogP contribution in [0.4, 0.5) is 0 Å². The third kappa shape index (κ3) is 5.35. The van der Waals surface area contributed by atoms with Crippen LogP contribution in [0.5, 0.6) is 5.75 Å². The van der Waals surface area contributed by atoms with Gasteiger partial charge in [0, 0.05) is 23.1 Å². The van der Waals surface area contributed by atoms with E-state index in [4.69, 9.17) is 13.9 Å². The predicted octanol–water partition coefficient (Wildman–Crippen LogP) is 5.64. The fourth-order valence-corrected chi connectivity index (χ4v) is 3.46. The molecule has 1 aromatic heterocycles. The Balaban J connectivity index is 0.00000320. The zero-order chi connectivity index (χ0) is 20.8. The van der Waals surface area contributed by atoms with Crippen molar-refractivity contribution in [1.29, 1.82) is 0 Å². The summed E-state index contributed by atoms with van der Waals surface area (Å²) in [6.07, 6.45) is 1.74. The molecule has 162 valence electrons. The third-order valence-corrected chi connectivity index (χ3v) is 4.77. The molecule has 1 N–H and O–H groups in total. The summed E-state index contributed by atoms with van der Waals surface area (Å²) in [5, 5.41) is 4.25. The fourth-order valence-electron chi connectivity index (χ4n) is 3.46. The normalized spacial score (nSPS) is 10.8. The lowest BCUT2D eigenvalue weighted by Gasteiger charge is -2.10. The lowest BCUT2D eigenvalue weighted by atomic mass is 9.98. The Labute approximate surface area is 184 Å². The maximum absolute atomic E-state index is 12.9. The van der Waals surface area contributed by atoms with Gasteiger partial charge in [0.2, 0.25) is 0 Å². The van der Waals surface area contributed by atoms with Gasteiger partial charge in [0.1, 0.15) is 22.7 Å². The Morgan fingerprint density at radius 3 is 2.53 bits per heavy atom. The molecule has 0 unspecified atom stereocenters. The highest BCUT2D eigenvalue weighted by molar-refractivity contribution is 6.10. The van der Waals surface area contributed by atoms with Gasteiger partial charge in [-0.15, -0.1) is 12.4 Å². The SMILES string of the molecule is CCOC(=O)c1c(-c2ccccc2)oc2cc(OC)cc(CCCNC(C)C)c12.Cl. The molecule has 0 bridgehead atoms. The van der Waals surface area contributed by atoms with Crippen molar-refractivity contribution in [2.45, 2.75) is 39.7 Å². The Kier molecular flexibility index (Phi) is 8.75. The van der Waals surface area contributed by atoms with Gasteiger partial charge in [-0.2, -0.15) is 0 Å². The Morgan fingerprint density at radius 1 is 1.17 bits per heavy atom. The van der Waals surface area contributed by atoms with Crippen molar-refractivity contribution >= 4 is 29.3 Å². The molecule has 0 aliphatic heterocycles. The van der Waals surface area contributed by atoms with Crippen molar-refractivity contribution in [2.75, 3.05) is 20.3 Å². The maximum Gasteiger partial charge on any atom is 0.342 e. The van der Waals surface area contributed by atoms with Gasteiger partial charge in [0.05, 0.1) is 13.7 Å². The highest BCUT2D eigenvalue weighted by Gasteiger charge is 2.26. The topological polar surface area (TPSA) is 60.7 Å². The largest absolute Gasteiger partial charge is 0.497 e. The van der Waals surface area contributed by atoms with Crippen LogP contribution in [0.25, 0.3) is 22.3 Å². The minimum Gasteiger partial charge on any atom is -0.497 e. The van der Waals surface area contributed by atoms with Crippen LogP contribution >= 0.6 is 12.4 Å². The van der Waals surface area contributed by atoms with Gasteiger partial charge >= 0.3 is 5.97 Å². The number of rotatable bonds is 9. The monoisotopic (exact) mass is 431 g/mol. The summed E-state index contributed by atoms with van der Waals surface area (Å²) in [5.74, 6) is 0.888. The van der Waals surface area contributed by atoms with E-state index in [9.17, 15) is 4.79 Å². The second kappa shape index (κ2) is 11.0. The number of fused-ring (bicyclic) bond motifs is 1. The minimum atomic E-state index is -0.364. The molecular formula is C24H30ClNO4. The summed E-state index contributed by atoms with van der Waals surface area (Å²) in [4.78, 5) is 12.9. The third-order valence-electron chi connectivity index (χ3n) is 4.77. The molecule has 0 radical (unpaired) electrons. The van der Waals surface area contributed by atoms with Crippen molar-refractivity contribution in [3.8, 4) is 17.1 Å². The second-order valence-corrected chi connectivity index (χ2v) is 7.26. The predicted molar refractivity (Wildman–Crippen MR) is 123 cm³/mol. The average molecular weight is 432 g/mol. The molecule has 3 rings (SSSR count). The average Bonchev–Trinajstić information content (AvgIpc) is 3.11. The smallest absolute Gasteiger partial charge is 0.342 e. The van der Waals surface area contributed by atoms with Crippen LogP contribution in [-0.2, 0) is 11.2 Å². The highest BCUT2D eigenvalue weighted by atomic mass is 35.5. The van der Waals surface area contributed by atoms with Crippen molar-refractivity contribution in [2.24, 2.45) is 0 Å². The molecular weight excluding hydrogens is 402 g/mol. The lowest BCUT2D eigenvalue weighted by molar-refractivity contribution is 0.0528. The van der Waals surface area contributed by atoms with Crippen molar-refractivity contribution < 1.29 is 18.7 Å². The van der Waals surface area contributed by atoms with Crippen LogP contribution in [-0.4, -0.2) is 32.3 Å². The number of carbonyl (C=O) groups is 1. The van der Waals surface area contributed by atoms with Crippen LogP contribution < -0.4 is 10.1 Å². The molecule has 5 nitrogen and oxygen atoms in total. The molecule has 3 aromatic rings. The molecule has 0 atom stereocenters. The molecule has 0 spiro atoms. The minimum absolute atomic E-state index is 0. The number of esters is 1. The number of furan rings is 1. The number of hydrogen-bond donors (Lipinski definition) is 1. The second-order valence-electron chi connectivity index (χ2n) is 7.26. The van der Waals surface area contributed by atoms with Crippen molar-refractivity contribution in [3.05, 3.63) is 53.6 Å². The van der Waals surface area contributed by atoms with E-state index in [-0.39, 0.29) is 18.4 Å². The summed E-state index contributed by atoms with van der Waals surface area (Å²) < 4.78 is 17.0. The first kappa shape index (κ1) is 23.8. The van der Waals surface area contributed by atoms with Crippen LogP contribution in [0.15, 0.2) is 46.9 Å². The van der Waals surface area contributed by atoms with Gasteiger partial charge in [0.25, 0.3) is 0 Å². The summed E-state index contributed by atoms with van der Waals surface area (Å²) in [6, 6.07) is 13.9. The fraction of sp³-hybridized carbons (Fsp3) is 0.375. The van der Waals surface area contributed by atoms with Crippen LogP contribution in [0.3, 0.4) is 0 Å². The van der Waals surface area contributed by atoms with E-state index in [2.05, 4.69) is 19.2 Å². The van der Waals surface area contributed by atoms with Crippen molar-refractivity contribution in [1.82, 2.24) is 5.32 Å². The first-order chi connectivity index (χ1) is 14.0. The van der Waals surface area contributed by atoms with E-state index < -0.39 is 0 Å². The lowest BCUT2D eigenvalue weighted by Crippen LogP contribution is -2.23. The zero-order valence-corrected chi connectivity index (χ0v) is 18.8. The van der Waals surface area contributed by atoms with Crippen LogP contribution in [0, 0.1) is 0 Å². The highest BCUT2D eigenvalue weighted by Crippen LogP contribution is 2.38. The van der Waals surface area contributed by atoms with Gasteiger partial charge in [-0.25, -0.2) is 4.79 Å². The number of nitrogens with one attached hydrogen (secondary N) is 1. The number of methoxy groups -OCH3 is 1. The van der Waals surface area contributed by atoms with Gasteiger partial charge in [-0.05, 0) is 37.9 Å². The molecule has 0 saturated heterocycles. The molecule has 30 heavy (non-hydrogen) atoms. The number of aryl methyl sites for hydroxylation is 1. The van der Waals surface area contributed by atoms with Gasteiger partial charge in [-0.1, -0.05) is 44.2 Å². The zero-order valence-electron chi connectivity index (χ0n) is 18.0. The van der Waals surface area contributed by atoms with Gasteiger partial charge in [0.15, 0.2) is 0 Å². The summed E-state index contributed by atoms with van der Waals surface area (Å²) in [6.45, 7) is 7.28. The first-order valence-corrected chi connectivity index (χ1v) is 10.1. The van der Waals surface area contributed by atoms with Gasteiger partial charge in [-0.3, -0.25) is 0 Å². The standard InChI is InChI=1S/C24H29NO4.ClH/c1-5-28-24(26)22-21-18(12-9-13-25-16(2)3)14-19(27-4)15-20(21)29-23(22)17-10-7-6-8-11-17;/h6-8,10-11,14-16,25H,5,9,12-13H2,1-4H3;1H. The molecule has 0 amide bonds. The molecule has 0 aliphatic carbocycles. The number of halogens is 1. The molecule has 0 fully saturated rings. The van der Waals surface area contributed by atoms with Crippen molar-refractivity contribution in [3.63, 3.8) is 0 Å². The van der Waals surface area contributed by atoms with E-state index >= 15 is 0 Å². The number of ether oxygens (including phenoxy) is 2. The van der Waals surface area contributed by atoms with E-state index in [0.717, 1.165) is 35.9 Å². The number of hydrogen-bond acceptors (Lipinski definition) is 5. The van der Waals surface area contributed by atoms with Crippen LogP contribution in [0.1, 0.15) is 43.1 Å². The van der Waals surface area contributed by atoms with E-state index in [0.29, 0.717) is 35.3 Å². The van der Waals surface area contributed by atoms with E-state index in [1.54, 1.807) is 7.11 Å². The molecule has 0 aliphatic rings. The van der Waals surface area contributed by atoms with Crippen LogP contribution in [0.2, 0.25) is 0 Å². The Morgan fingerprint density at radius 2 is 1.90 bits per heavy atom. The number of benzene rings is 2.